The molecule has 0 saturated heterocycles. The Morgan fingerprint density at radius 2 is 1.90 bits per heavy atom. The van der Waals surface area contributed by atoms with Crippen LogP contribution in [0.5, 0.6) is 0 Å². The second-order valence-electron chi connectivity index (χ2n) is 6.22. The normalized spacial score (nSPS) is 12.1. The van der Waals surface area contributed by atoms with Crippen molar-refractivity contribution in [3.63, 3.8) is 0 Å². The molecule has 0 aliphatic heterocycles. The van der Waals surface area contributed by atoms with Crippen LogP contribution in [0, 0.1) is 5.82 Å². The van der Waals surface area contributed by atoms with Crippen LogP contribution in [-0.2, 0) is 16.7 Å². The maximum Gasteiger partial charge on any atom is 0.212 e. The standard InChI is InChI=1S/C21H17FN2O3S2/c22-16-8-9-20(28-13-14-4-3-6-17(10-14)23-25)18(12-16)24-29(26)21-11-15-5-1-2-7-19(15)27-21/h1-12,23-25H,13H2. The van der Waals surface area contributed by atoms with Crippen LogP contribution in [0.15, 0.2) is 87.2 Å². The third-order valence-corrected chi connectivity index (χ3v) is 6.30. The van der Waals surface area contributed by atoms with Crippen molar-refractivity contribution >= 4 is 45.1 Å². The monoisotopic (exact) mass is 428 g/mol. The lowest BCUT2D eigenvalue weighted by atomic mass is 10.2. The highest BCUT2D eigenvalue weighted by molar-refractivity contribution is 7.98. The molecule has 1 heterocycles. The van der Waals surface area contributed by atoms with Crippen molar-refractivity contribution in [2.45, 2.75) is 15.7 Å². The predicted molar refractivity (Wildman–Crippen MR) is 114 cm³/mol. The van der Waals surface area contributed by atoms with Gasteiger partial charge in [-0.2, -0.15) is 0 Å². The third kappa shape index (κ3) is 4.61. The first-order chi connectivity index (χ1) is 14.1. The van der Waals surface area contributed by atoms with E-state index in [0.29, 0.717) is 22.7 Å². The summed E-state index contributed by atoms with van der Waals surface area (Å²) >= 11 is 1.47. The van der Waals surface area contributed by atoms with E-state index in [1.165, 1.54) is 23.9 Å². The first-order valence-electron chi connectivity index (χ1n) is 8.71. The molecule has 0 bridgehead atoms. The molecule has 4 rings (SSSR count). The topological polar surface area (TPSA) is 74.5 Å². The molecular formula is C21H17FN2O3S2. The molecular weight excluding hydrogens is 411 g/mol. The second-order valence-corrected chi connectivity index (χ2v) is 8.38. The number of fused-ring (bicyclic) bond motifs is 1. The molecule has 148 valence electrons. The summed E-state index contributed by atoms with van der Waals surface area (Å²) in [6.07, 6.45) is 0. The average molecular weight is 429 g/mol. The van der Waals surface area contributed by atoms with Gasteiger partial charge in [-0.15, -0.1) is 11.8 Å². The Labute approximate surface area is 173 Å². The lowest BCUT2D eigenvalue weighted by Gasteiger charge is -2.11. The van der Waals surface area contributed by atoms with Gasteiger partial charge in [0.15, 0.2) is 11.0 Å². The highest BCUT2D eigenvalue weighted by Crippen LogP contribution is 2.32. The molecule has 4 aromatic rings. The van der Waals surface area contributed by atoms with E-state index in [0.717, 1.165) is 15.8 Å². The zero-order valence-corrected chi connectivity index (χ0v) is 16.7. The molecule has 3 aromatic carbocycles. The van der Waals surface area contributed by atoms with Crippen molar-refractivity contribution in [1.29, 1.82) is 0 Å². The predicted octanol–water partition coefficient (Wildman–Crippen LogP) is 5.80. The first-order valence-corrected chi connectivity index (χ1v) is 10.8. The number of benzene rings is 3. The van der Waals surface area contributed by atoms with E-state index in [4.69, 9.17) is 9.62 Å². The molecule has 29 heavy (non-hydrogen) atoms. The minimum atomic E-state index is -1.68. The number of hydrogen-bond acceptors (Lipinski definition) is 5. The summed E-state index contributed by atoms with van der Waals surface area (Å²) in [6, 6.07) is 20.7. The highest BCUT2D eigenvalue weighted by Gasteiger charge is 2.14. The van der Waals surface area contributed by atoms with Gasteiger partial charge < -0.3 is 4.42 Å². The molecule has 1 aromatic heterocycles. The number of nitrogens with one attached hydrogen (secondary N) is 2. The van der Waals surface area contributed by atoms with Crippen LogP contribution >= 0.6 is 11.8 Å². The van der Waals surface area contributed by atoms with E-state index in [2.05, 4.69) is 10.2 Å². The third-order valence-electron chi connectivity index (χ3n) is 4.18. The Bertz CT molecular complexity index is 1150. The summed E-state index contributed by atoms with van der Waals surface area (Å²) in [4.78, 5) is 0.748. The highest BCUT2D eigenvalue weighted by atomic mass is 32.2. The average Bonchev–Trinajstić information content (AvgIpc) is 3.18. The van der Waals surface area contributed by atoms with Crippen molar-refractivity contribution in [2.75, 3.05) is 10.2 Å². The quantitative estimate of drug-likeness (QED) is 0.256. The van der Waals surface area contributed by atoms with Gasteiger partial charge in [0.25, 0.3) is 0 Å². The largest absolute Gasteiger partial charge is 0.445 e. The Balaban J connectivity index is 1.53. The minimum Gasteiger partial charge on any atom is -0.445 e. The summed E-state index contributed by atoms with van der Waals surface area (Å²) in [7, 11) is -1.68. The SMILES string of the molecule is O=S(Nc1cc(F)ccc1SCc1cccc(NO)c1)c1cc2ccccc2o1. The number of para-hydroxylation sites is 1. The van der Waals surface area contributed by atoms with Gasteiger partial charge in [0.2, 0.25) is 5.09 Å². The van der Waals surface area contributed by atoms with Gasteiger partial charge in [0.05, 0.1) is 11.4 Å². The molecule has 1 unspecified atom stereocenters. The molecule has 3 N–H and O–H groups in total. The van der Waals surface area contributed by atoms with Crippen LogP contribution < -0.4 is 10.2 Å². The molecule has 0 fully saturated rings. The summed E-state index contributed by atoms with van der Waals surface area (Å²) < 4.78 is 35.1. The minimum absolute atomic E-state index is 0.271. The second kappa shape index (κ2) is 8.69. The van der Waals surface area contributed by atoms with E-state index in [-0.39, 0.29) is 5.09 Å². The lowest BCUT2D eigenvalue weighted by Crippen LogP contribution is -2.05. The number of thioether (sulfide) groups is 1. The molecule has 0 aliphatic rings. The first kappa shape index (κ1) is 19.5. The van der Waals surface area contributed by atoms with Crippen molar-refractivity contribution in [1.82, 2.24) is 0 Å². The molecule has 0 radical (unpaired) electrons. The molecule has 8 heteroatoms. The Kier molecular flexibility index (Phi) is 5.84. The van der Waals surface area contributed by atoms with Crippen LogP contribution in [-0.4, -0.2) is 9.42 Å². The van der Waals surface area contributed by atoms with Gasteiger partial charge in [-0.1, -0.05) is 30.3 Å². The fourth-order valence-electron chi connectivity index (χ4n) is 2.80. The number of anilines is 2. The number of furan rings is 1. The zero-order chi connectivity index (χ0) is 20.2. The van der Waals surface area contributed by atoms with Crippen LogP contribution in [0.2, 0.25) is 0 Å². The van der Waals surface area contributed by atoms with Crippen LogP contribution in [0.4, 0.5) is 15.8 Å². The van der Waals surface area contributed by atoms with E-state index >= 15 is 0 Å². The summed E-state index contributed by atoms with van der Waals surface area (Å²) in [5.41, 5.74) is 4.75. The van der Waals surface area contributed by atoms with Gasteiger partial charge >= 0.3 is 0 Å². The van der Waals surface area contributed by atoms with Crippen molar-refractivity contribution < 1.29 is 18.2 Å². The van der Waals surface area contributed by atoms with Crippen LogP contribution in [0.25, 0.3) is 11.0 Å². The van der Waals surface area contributed by atoms with E-state index < -0.39 is 16.8 Å². The fraction of sp³-hybridized carbons (Fsp3) is 0.0476. The maximum absolute atomic E-state index is 13.8. The Morgan fingerprint density at radius 1 is 1.03 bits per heavy atom. The number of rotatable bonds is 7. The van der Waals surface area contributed by atoms with Gasteiger partial charge in [-0.3, -0.25) is 15.4 Å². The van der Waals surface area contributed by atoms with Crippen LogP contribution in [0.3, 0.4) is 0 Å². The molecule has 0 amide bonds. The van der Waals surface area contributed by atoms with Crippen molar-refractivity contribution in [3.8, 4) is 0 Å². The summed E-state index contributed by atoms with van der Waals surface area (Å²) in [5, 5.41) is 10.2. The Hall–Kier alpha value is -2.81. The lowest BCUT2D eigenvalue weighted by molar-refractivity contribution is 0.389. The molecule has 0 saturated carbocycles. The van der Waals surface area contributed by atoms with Gasteiger partial charge in [0, 0.05) is 22.1 Å². The van der Waals surface area contributed by atoms with Crippen molar-refractivity contribution in [3.05, 3.63) is 84.2 Å². The summed E-state index contributed by atoms with van der Waals surface area (Å²) in [5.74, 6) is 0.164. The van der Waals surface area contributed by atoms with Crippen molar-refractivity contribution in [2.24, 2.45) is 0 Å². The maximum atomic E-state index is 13.8. The fourth-order valence-corrected chi connectivity index (χ4v) is 4.66. The smallest absolute Gasteiger partial charge is 0.212 e. The van der Waals surface area contributed by atoms with Crippen LogP contribution in [0.1, 0.15) is 5.56 Å². The molecule has 0 spiro atoms. The van der Waals surface area contributed by atoms with Gasteiger partial charge in [0.1, 0.15) is 11.4 Å². The van der Waals surface area contributed by atoms with E-state index in [1.807, 2.05) is 36.4 Å². The molecule has 0 aliphatic carbocycles. The van der Waals surface area contributed by atoms with E-state index in [9.17, 15) is 8.60 Å². The van der Waals surface area contributed by atoms with E-state index in [1.54, 1.807) is 24.3 Å². The number of hydrogen-bond donors (Lipinski definition) is 3. The Morgan fingerprint density at radius 3 is 2.72 bits per heavy atom. The number of halogens is 1. The molecule has 5 nitrogen and oxygen atoms in total. The van der Waals surface area contributed by atoms with Gasteiger partial charge in [-0.05, 0) is 42.0 Å². The summed E-state index contributed by atoms with van der Waals surface area (Å²) in [6.45, 7) is 0. The van der Waals surface area contributed by atoms with Gasteiger partial charge in [-0.25, -0.2) is 8.60 Å². The zero-order valence-electron chi connectivity index (χ0n) is 15.1. The molecule has 1 atom stereocenters.